The molecule has 5 nitrogen and oxygen atoms in total. The van der Waals surface area contributed by atoms with Gasteiger partial charge >= 0.3 is 5.97 Å². The Hall–Kier alpha value is -2.04. The number of benzene rings is 1. The van der Waals surface area contributed by atoms with Gasteiger partial charge in [0.2, 0.25) is 0 Å². The summed E-state index contributed by atoms with van der Waals surface area (Å²) in [6.45, 7) is 5.48. The van der Waals surface area contributed by atoms with Gasteiger partial charge in [0.1, 0.15) is 11.6 Å². The van der Waals surface area contributed by atoms with Crippen LogP contribution in [0.1, 0.15) is 27.2 Å². The number of hydrogen-bond acceptors (Lipinski definition) is 4. The van der Waals surface area contributed by atoms with E-state index in [1.54, 1.807) is 4.90 Å². The largest absolute Gasteiger partial charge is 0.467 e. The quantitative estimate of drug-likeness (QED) is 0.860. The third-order valence-electron chi connectivity index (χ3n) is 3.54. The number of nitrogens with one attached hydrogen (secondary N) is 1. The molecule has 1 aromatic rings. The number of rotatable bonds is 3. The summed E-state index contributed by atoms with van der Waals surface area (Å²) in [6, 6.07) is 6.88. The predicted octanol–water partition coefficient (Wildman–Crippen LogP) is 2.18. The summed E-state index contributed by atoms with van der Waals surface area (Å²) in [4.78, 5) is 26.2. The Bertz CT molecular complexity index is 540. The van der Waals surface area contributed by atoms with Crippen LogP contribution in [0, 0.1) is 0 Å². The van der Waals surface area contributed by atoms with Gasteiger partial charge in [0.15, 0.2) is 0 Å². The smallest absolute Gasteiger partial charge is 0.328 e. The summed E-state index contributed by atoms with van der Waals surface area (Å²) in [6.07, 6.45) is 0.503. The van der Waals surface area contributed by atoms with Crippen molar-refractivity contribution in [3.05, 3.63) is 24.3 Å². The highest BCUT2D eigenvalue weighted by Gasteiger charge is 2.43. The van der Waals surface area contributed by atoms with Crippen molar-refractivity contribution in [2.24, 2.45) is 0 Å². The Labute approximate surface area is 118 Å². The molecule has 0 radical (unpaired) electrons. The maximum absolute atomic E-state index is 12.7. The molecule has 2 rings (SSSR count). The minimum Gasteiger partial charge on any atom is -0.467 e. The number of ether oxygens (including phenoxy) is 1. The molecule has 20 heavy (non-hydrogen) atoms. The van der Waals surface area contributed by atoms with E-state index in [4.69, 9.17) is 4.74 Å². The summed E-state index contributed by atoms with van der Waals surface area (Å²) in [5, 5.41) is 3.21. The van der Waals surface area contributed by atoms with Crippen LogP contribution in [0.5, 0.6) is 0 Å². The summed E-state index contributed by atoms with van der Waals surface area (Å²) in [7, 11) is 1.34. The van der Waals surface area contributed by atoms with Gasteiger partial charge in [0.05, 0.1) is 18.5 Å². The molecule has 5 heteroatoms. The van der Waals surface area contributed by atoms with Gasteiger partial charge in [-0.05, 0) is 32.4 Å². The van der Waals surface area contributed by atoms with Gasteiger partial charge in [-0.15, -0.1) is 0 Å². The number of amides is 1. The van der Waals surface area contributed by atoms with E-state index in [0.29, 0.717) is 12.1 Å². The SMILES string of the molecule is CCC(C(=O)OC)N1C(=O)C(C)(C)Nc2ccccc21. The lowest BCUT2D eigenvalue weighted by Gasteiger charge is -2.42. The zero-order chi connectivity index (χ0) is 14.9. The van der Waals surface area contributed by atoms with Crippen LogP contribution in [-0.2, 0) is 14.3 Å². The number of carbonyl (C=O) groups is 2. The molecule has 1 aromatic carbocycles. The first-order chi connectivity index (χ1) is 9.42. The average molecular weight is 276 g/mol. The molecule has 0 aromatic heterocycles. The van der Waals surface area contributed by atoms with E-state index < -0.39 is 17.6 Å². The maximum Gasteiger partial charge on any atom is 0.328 e. The molecule has 0 saturated heterocycles. The van der Waals surface area contributed by atoms with Crippen molar-refractivity contribution < 1.29 is 14.3 Å². The fraction of sp³-hybridized carbons (Fsp3) is 0.467. The number of hydrogen-bond donors (Lipinski definition) is 1. The Morgan fingerprint density at radius 1 is 1.40 bits per heavy atom. The minimum atomic E-state index is -0.754. The van der Waals surface area contributed by atoms with Crippen molar-refractivity contribution in [1.82, 2.24) is 0 Å². The van der Waals surface area contributed by atoms with E-state index in [1.807, 2.05) is 45.0 Å². The molecule has 1 aliphatic heterocycles. The highest BCUT2D eigenvalue weighted by atomic mass is 16.5. The van der Waals surface area contributed by atoms with Crippen LogP contribution in [0.4, 0.5) is 11.4 Å². The van der Waals surface area contributed by atoms with E-state index in [0.717, 1.165) is 5.69 Å². The van der Waals surface area contributed by atoms with Crippen molar-refractivity contribution in [2.45, 2.75) is 38.8 Å². The number of anilines is 2. The van der Waals surface area contributed by atoms with Crippen LogP contribution < -0.4 is 10.2 Å². The van der Waals surface area contributed by atoms with Gasteiger partial charge in [-0.1, -0.05) is 19.1 Å². The first kappa shape index (κ1) is 14.4. The van der Waals surface area contributed by atoms with Crippen molar-refractivity contribution in [2.75, 3.05) is 17.3 Å². The third-order valence-corrected chi connectivity index (χ3v) is 3.54. The Morgan fingerprint density at radius 2 is 2.05 bits per heavy atom. The van der Waals surface area contributed by atoms with Gasteiger partial charge in [-0.3, -0.25) is 9.69 Å². The van der Waals surface area contributed by atoms with Gasteiger partial charge in [-0.2, -0.15) is 0 Å². The van der Waals surface area contributed by atoms with Crippen molar-refractivity contribution in [1.29, 1.82) is 0 Å². The first-order valence-corrected chi connectivity index (χ1v) is 6.71. The van der Waals surface area contributed by atoms with E-state index >= 15 is 0 Å². The molecule has 1 N–H and O–H groups in total. The summed E-state index contributed by atoms with van der Waals surface area (Å²) < 4.78 is 4.83. The Balaban J connectivity index is 2.54. The second-order valence-electron chi connectivity index (χ2n) is 5.39. The van der Waals surface area contributed by atoms with Crippen molar-refractivity contribution in [3.63, 3.8) is 0 Å². The molecule has 1 aliphatic rings. The number of nitrogens with zero attached hydrogens (tertiary/aromatic N) is 1. The third kappa shape index (κ3) is 2.24. The topological polar surface area (TPSA) is 58.6 Å². The van der Waals surface area contributed by atoms with Gasteiger partial charge in [0, 0.05) is 0 Å². The normalized spacial score (nSPS) is 18.0. The minimum absolute atomic E-state index is 0.131. The molecule has 0 bridgehead atoms. The van der Waals surface area contributed by atoms with Gasteiger partial charge < -0.3 is 10.1 Å². The number of esters is 1. The average Bonchev–Trinajstić information content (AvgIpc) is 2.43. The van der Waals surface area contributed by atoms with E-state index in [2.05, 4.69) is 5.32 Å². The lowest BCUT2D eigenvalue weighted by Crippen LogP contribution is -2.58. The number of methoxy groups -OCH3 is 1. The standard InChI is InChI=1S/C15H20N2O3/c1-5-11(13(18)20-4)17-12-9-7-6-8-10(12)16-15(2,3)14(17)19/h6-9,11,16H,5H2,1-4H3. The number of carbonyl (C=O) groups excluding carboxylic acids is 2. The molecule has 1 unspecified atom stereocenters. The predicted molar refractivity (Wildman–Crippen MR) is 77.7 cm³/mol. The van der Waals surface area contributed by atoms with E-state index in [-0.39, 0.29) is 5.91 Å². The van der Waals surface area contributed by atoms with Crippen LogP contribution in [0.15, 0.2) is 24.3 Å². The molecular weight excluding hydrogens is 256 g/mol. The fourth-order valence-corrected chi connectivity index (χ4v) is 2.49. The molecule has 0 fully saturated rings. The van der Waals surface area contributed by atoms with Crippen LogP contribution >= 0.6 is 0 Å². The molecule has 0 aliphatic carbocycles. The zero-order valence-corrected chi connectivity index (χ0v) is 12.3. The summed E-state index contributed by atoms with van der Waals surface area (Å²) >= 11 is 0. The molecule has 108 valence electrons. The molecule has 0 saturated carbocycles. The van der Waals surface area contributed by atoms with Crippen LogP contribution in [0.25, 0.3) is 0 Å². The Kier molecular flexibility index (Phi) is 3.70. The highest BCUT2D eigenvalue weighted by molar-refractivity contribution is 6.10. The van der Waals surface area contributed by atoms with Crippen LogP contribution in [-0.4, -0.2) is 30.6 Å². The Morgan fingerprint density at radius 3 is 2.65 bits per heavy atom. The lowest BCUT2D eigenvalue weighted by molar-refractivity contribution is -0.144. The van der Waals surface area contributed by atoms with Gasteiger partial charge in [-0.25, -0.2) is 4.79 Å². The van der Waals surface area contributed by atoms with E-state index in [9.17, 15) is 9.59 Å². The van der Waals surface area contributed by atoms with Crippen molar-refractivity contribution in [3.8, 4) is 0 Å². The lowest BCUT2D eigenvalue weighted by atomic mass is 9.96. The van der Waals surface area contributed by atoms with E-state index in [1.165, 1.54) is 7.11 Å². The summed E-state index contributed by atoms with van der Waals surface area (Å²) in [5.74, 6) is -0.526. The first-order valence-electron chi connectivity index (χ1n) is 6.71. The second kappa shape index (κ2) is 5.15. The molecule has 1 amide bonds. The molecule has 1 atom stereocenters. The van der Waals surface area contributed by atoms with Crippen molar-refractivity contribution >= 4 is 23.3 Å². The zero-order valence-electron chi connectivity index (χ0n) is 12.3. The maximum atomic E-state index is 12.7. The number of para-hydroxylation sites is 2. The highest BCUT2D eigenvalue weighted by Crippen LogP contribution is 2.36. The monoisotopic (exact) mass is 276 g/mol. The molecule has 1 heterocycles. The van der Waals surface area contributed by atoms with Crippen LogP contribution in [0.2, 0.25) is 0 Å². The van der Waals surface area contributed by atoms with Crippen LogP contribution in [0.3, 0.4) is 0 Å². The molecular formula is C15H20N2O3. The summed E-state index contributed by atoms with van der Waals surface area (Å²) in [5.41, 5.74) is 0.809. The number of fused-ring (bicyclic) bond motifs is 1. The molecule has 0 spiro atoms. The van der Waals surface area contributed by atoms with Gasteiger partial charge in [0.25, 0.3) is 5.91 Å². The fourth-order valence-electron chi connectivity index (χ4n) is 2.49. The second-order valence-corrected chi connectivity index (χ2v) is 5.39.